The molecule has 0 bridgehead atoms. The monoisotopic (exact) mass is 238 g/mol. The molecule has 0 radical (unpaired) electrons. The molecular weight excluding hydrogens is 216 g/mol. The Morgan fingerprint density at radius 3 is 2.59 bits per heavy atom. The van der Waals surface area contributed by atoms with E-state index in [1.807, 2.05) is 40.9 Å². The first-order valence-electron chi connectivity index (χ1n) is 5.74. The summed E-state index contributed by atoms with van der Waals surface area (Å²) < 4.78 is 1.74. The first-order chi connectivity index (χ1) is 7.71. The molecule has 5 nitrogen and oxygen atoms in total. The van der Waals surface area contributed by atoms with Crippen LogP contribution in [0.2, 0.25) is 0 Å². The second-order valence-electron chi connectivity index (χ2n) is 5.47. The van der Waals surface area contributed by atoms with Crippen molar-refractivity contribution in [2.24, 2.45) is 18.2 Å². The van der Waals surface area contributed by atoms with E-state index < -0.39 is 6.04 Å². The van der Waals surface area contributed by atoms with Crippen molar-refractivity contribution in [3.63, 3.8) is 0 Å². The Morgan fingerprint density at radius 1 is 1.59 bits per heavy atom. The number of aromatic nitrogens is 2. The van der Waals surface area contributed by atoms with Gasteiger partial charge < -0.3 is 11.1 Å². The van der Waals surface area contributed by atoms with Crippen molar-refractivity contribution >= 4 is 5.91 Å². The molecule has 1 heterocycles. The van der Waals surface area contributed by atoms with E-state index in [0.29, 0.717) is 6.54 Å². The van der Waals surface area contributed by atoms with Gasteiger partial charge in [-0.25, -0.2) is 0 Å². The Kier molecular flexibility index (Phi) is 3.93. The number of hydrogen-bond acceptors (Lipinski definition) is 3. The lowest BCUT2D eigenvalue weighted by atomic mass is 9.87. The van der Waals surface area contributed by atoms with E-state index in [1.54, 1.807) is 4.68 Å². The van der Waals surface area contributed by atoms with E-state index in [-0.39, 0.29) is 11.3 Å². The molecule has 17 heavy (non-hydrogen) atoms. The lowest BCUT2D eigenvalue weighted by Gasteiger charge is -2.25. The smallest absolute Gasteiger partial charge is 0.237 e. The highest BCUT2D eigenvalue weighted by Crippen LogP contribution is 2.17. The highest BCUT2D eigenvalue weighted by Gasteiger charge is 2.27. The van der Waals surface area contributed by atoms with Gasteiger partial charge in [-0.2, -0.15) is 5.10 Å². The Morgan fingerprint density at radius 2 is 2.18 bits per heavy atom. The fourth-order valence-corrected chi connectivity index (χ4v) is 1.51. The Hall–Kier alpha value is -1.36. The van der Waals surface area contributed by atoms with Gasteiger partial charge in [0, 0.05) is 25.4 Å². The van der Waals surface area contributed by atoms with Gasteiger partial charge in [-0.3, -0.25) is 9.48 Å². The SMILES string of the molecule is Cc1nn(C)cc1CNC(=O)[C@@H](N)C(C)(C)C. The molecule has 0 aliphatic rings. The number of hydrogen-bond donors (Lipinski definition) is 2. The number of rotatable bonds is 3. The second kappa shape index (κ2) is 4.87. The Balaban J connectivity index is 2.57. The molecule has 1 aromatic heterocycles. The lowest BCUT2D eigenvalue weighted by Crippen LogP contribution is -2.48. The van der Waals surface area contributed by atoms with Crippen LogP contribution >= 0.6 is 0 Å². The third-order valence-corrected chi connectivity index (χ3v) is 2.78. The van der Waals surface area contributed by atoms with Gasteiger partial charge in [0.15, 0.2) is 0 Å². The summed E-state index contributed by atoms with van der Waals surface area (Å²) in [6.07, 6.45) is 1.90. The van der Waals surface area contributed by atoms with Gasteiger partial charge in [-0.15, -0.1) is 0 Å². The maximum Gasteiger partial charge on any atom is 0.237 e. The van der Waals surface area contributed by atoms with Gasteiger partial charge in [0.25, 0.3) is 0 Å². The molecule has 0 unspecified atom stereocenters. The minimum absolute atomic E-state index is 0.124. The summed E-state index contributed by atoms with van der Waals surface area (Å²) in [5, 5.41) is 7.06. The van der Waals surface area contributed by atoms with Gasteiger partial charge in [0.2, 0.25) is 5.91 Å². The minimum Gasteiger partial charge on any atom is -0.351 e. The predicted octanol–water partition coefficient (Wildman–Crippen LogP) is 0.718. The highest BCUT2D eigenvalue weighted by atomic mass is 16.2. The molecule has 1 atom stereocenters. The van der Waals surface area contributed by atoms with Crippen LogP contribution in [-0.4, -0.2) is 21.7 Å². The van der Waals surface area contributed by atoms with Gasteiger partial charge in [-0.1, -0.05) is 20.8 Å². The zero-order chi connectivity index (χ0) is 13.2. The summed E-state index contributed by atoms with van der Waals surface area (Å²) in [7, 11) is 1.86. The number of aryl methyl sites for hydroxylation is 2. The van der Waals surface area contributed by atoms with E-state index in [1.165, 1.54) is 0 Å². The average molecular weight is 238 g/mol. The Bertz CT molecular complexity index is 403. The minimum atomic E-state index is -0.500. The van der Waals surface area contributed by atoms with Crippen molar-refractivity contribution in [2.45, 2.75) is 40.3 Å². The van der Waals surface area contributed by atoms with Crippen molar-refractivity contribution in [1.82, 2.24) is 15.1 Å². The lowest BCUT2D eigenvalue weighted by molar-refractivity contribution is -0.124. The van der Waals surface area contributed by atoms with Crippen molar-refractivity contribution in [3.05, 3.63) is 17.5 Å². The van der Waals surface area contributed by atoms with Crippen molar-refractivity contribution in [3.8, 4) is 0 Å². The van der Waals surface area contributed by atoms with Crippen LogP contribution in [0.1, 0.15) is 32.0 Å². The third kappa shape index (κ3) is 3.56. The summed E-state index contributed by atoms with van der Waals surface area (Å²) in [4.78, 5) is 11.8. The van der Waals surface area contributed by atoms with Crippen molar-refractivity contribution < 1.29 is 4.79 Å². The molecule has 1 amide bonds. The van der Waals surface area contributed by atoms with Crippen LogP contribution in [0, 0.1) is 12.3 Å². The number of carbonyl (C=O) groups excluding carboxylic acids is 1. The molecule has 0 aromatic carbocycles. The quantitative estimate of drug-likeness (QED) is 0.815. The van der Waals surface area contributed by atoms with Crippen molar-refractivity contribution in [1.29, 1.82) is 0 Å². The van der Waals surface area contributed by atoms with Crippen LogP contribution in [0.5, 0.6) is 0 Å². The molecule has 5 heteroatoms. The molecule has 96 valence electrons. The molecule has 0 saturated carbocycles. The predicted molar refractivity (Wildman–Crippen MR) is 67.2 cm³/mol. The fourth-order valence-electron chi connectivity index (χ4n) is 1.51. The van der Waals surface area contributed by atoms with Crippen LogP contribution in [0.3, 0.4) is 0 Å². The number of nitrogens with one attached hydrogen (secondary N) is 1. The number of carbonyl (C=O) groups is 1. The zero-order valence-corrected chi connectivity index (χ0v) is 11.2. The summed E-state index contributed by atoms with van der Waals surface area (Å²) in [5.41, 5.74) is 7.58. The molecule has 1 aromatic rings. The fraction of sp³-hybridized carbons (Fsp3) is 0.667. The van der Waals surface area contributed by atoms with Crippen LogP contribution in [0.25, 0.3) is 0 Å². The topological polar surface area (TPSA) is 72.9 Å². The number of amides is 1. The largest absolute Gasteiger partial charge is 0.351 e. The van der Waals surface area contributed by atoms with Crippen LogP contribution < -0.4 is 11.1 Å². The standard InChI is InChI=1S/C12H22N4O/c1-8-9(7-16(5)15-8)6-14-11(17)10(13)12(2,3)4/h7,10H,6,13H2,1-5H3,(H,14,17)/t10-/m1/s1. The summed E-state index contributed by atoms with van der Waals surface area (Å²) in [6.45, 7) is 8.25. The first kappa shape index (κ1) is 13.7. The van der Waals surface area contributed by atoms with Crippen LogP contribution in [0.15, 0.2) is 6.20 Å². The maximum atomic E-state index is 11.8. The highest BCUT2D eigenvalue weighted by molar-refractivity contribution is 5.82. The molecule has 0 aliphatic heterocycles. The zero-order valence-electron chi connectivity index (χ0n) is 11.2. The molecule has 0 spiro atoms. The first-order valence-corrected chi connectivity index (χ1v) is 5.74. The van der Waals surface area contributed by atoms with Gasteiger partial charge in [0.1, 0.15) is 0 Å². The third-order valence-electron chi connectivity index (χ3n) is 2.78. The van der Waals surface area contributed by atoms with Gasteiger partial charge >= 0.3 is 0 Å². The normalized spacial score (nSPS) is 13.5. The molecule has 0 saturated heterocycles. The average Bonchev–Trinajstić information content (AvgIpc) is 2.51. The van der Waals surface area contributed by atoms with Gasteiger partial charge in [-0.05, 0) is 12.3 Å². The number of nitrogens with zero attached hydrogens (tertiary/aromatic N) is 2. The van der Waals surface area contributed by atoms with Crippen LogP contribution in [0.4, 0.5) is 0 Å². The molecule has 1 rings (SSSR count). The van der Waals surface area contributed by atoms with E-state index in [9.17, 15) is 4.79 Å². The van der Waals surface area contributed by atoms with E-state index in [4.69, 9.17) is 5.73 Å². The van der Waals surface area contributed by atoms with E-state index >= 15 is 0 Å². The Labute approximate surface area is 102 Å². The summed E-state index contributed by atoms with van der Waals surface area (Å²) >= 11 is 0. The van der Waals surface area contributed by atoms with E-state index in [2.05, 4.69) is 10.4 Å². The maximum absolute atomic E-state index is 11.8. The molecule has 0 aliphatic carbocycles. The molecule has 3 N–H and O–H groups in total. The summed E-state index contributed by atoms with van der Waals surface area (Å²) in [6, 6.07) is -0.500. The van der Waals surface area contributed by atoms with E-state index in [0.717, 1.165) is 11.3 Å². The molecular formula is C12H22N4O. The second-order valence-corrected chi connectivity index (χ2v) is 5.47. The van der Waals surface area contributed by atoms with Crippen LogP contribution in [-0.2, 0) is 18.4 Å². The van der Waals surface area contributed by atoms with Gasteiger partial charge in [0.05, 0.1) is 11.7 Å². The summed E-state index contributed by atoms with van der Waals surface area (Å²) in [5.74, 6) is -0.124. The molecule has 0 fully saturated rings. The van der Waals surface area contributed by atoms with Crippen molar-refractivity contribution in [2.75, 3.05) is 0 Å². The number of nitrogens with two attached hydrogens (primary N) is 1.